The number of nitrogens with zero attached hydrogens (tertiary/aromatic N) is 1. The van der Waals surface area contributed by atoms with Gasteiger partial charge >= 0.3 is 0 Å². The van der Waals surface area contributed by atoms with Crippen LogP contribution < -0.4 is 5.32 Å². The number of thiazole rings is 1. The molecule has 0 aromatic carbocycles. The van der Waals surface area contributed by atoms with Crippen LogP contribution in [0, 0.1) is 13.8 Å². The minimum Gasteiger partial charge on any atom is -0.317 e. The summed E-state index contributed by atoms with van der Waals surface area (Å²) in [6, 6.07) is 0.594. The second-order valence-corrected chi connectivity index (χ2v) is 5.72. The molecule has 1 unspecified atom stereocenters. The van der Waals surface area contributed by atoms with Crippen LogP contribution in [-0.4, -0.2) is 18.1 Å². The SMILES string of the molecule is CCCCCC(Cc1nc(C)c(C)s1)NC. The Morgan fingerprint density at radius 3 is 2.56 bits per heavy atom. The Balaban J connectivity index is 2.43. The van der Waals surface area contributed by atoms with E-state index in [1.807, 2.05) is 11.3 Å². The Hall–Kier alpha value is -0.410. The van der Waals surface area contributed by atoms with Gasteiger partial charge in [-0.15, -0.1) is 11.3 Å². The molecule has 1 heterocycles. The molecule has 1 rings (SSSR count). The fourth-order valence-corrected chi connectivity index (χ4v) is 2.84. The normalized spacial score (nSPS) is 13.0. The van der Waals surface area contributed by atoms with Crippen molar-refractivity contribution in [1.29, 1.82) is 0 Å². The molecule has 3 heteroatoms. The minimum absolute atomic E-state index is 0.594. The molecule has 0 aliphatic rings. The molecule has 0 saturated carbocycles. The molecule has 0 aliphatic heterocycles. The molecule has 1 aromatic heterocycles. The third kappa shape index (κ3) is 4.22. The van der Waals surface area contributed by atoms with Crippen molar-refractivity contribution in [2.45, 2.75) is 58.9 Å². The van der Waals surface area contributed by atoms with Crippen molar-refractivity contribution in [3.05, 3.63) is 15.6 Å². The lowest BCUT2D eigenvalue weighted by Gasteiger charge is -2.14. The summed E-state index contributed by atoms with van der Waals surface area (Å²) in [5.41, 5.74) is 1.20. The highest BCUT2D eigenvalue weighted by Gasteiger charge is 2.10. The van der Waals surface area contributed by atoms with Crippen LogP contribution in [0.2, 0.25) is 0 Å². The molecule has 92 valence electrons. The number of hydrogen-bond donors (Lipinski definition) is 1. The standard InChI is InChI=1S/C13H24N2S/c1-5-6-7-8-12(14-4)9-13-15-10(2)11(3)16-13/h12,14H,5-9H2,1-4H3. The van der Waals surface area contributed by atoms with E-state index in [1.54, 1.807) is 0 Å². The highest BCUT2D eigenvalue weighted by Crippen LogP contribution is 2.19. The summed E-state index contributed by atoms with van der Waals surface area (Å²) in [4.78, 5) is 5.96. The first-order chi connectivity index (χ1) is 7.67. The van der Waals surface area contributed by atoms with Gasteiger partial charge in [0.1, 0.15) is 0 Å². The molecular weight excluding hydrogens is 216 g/mol. The van der Waals surface area contributed by atoms with Crippen LogP contribution in [-0.2, 0) is 6.42 Å². The Kier molecular flexibility index (Phi) is 5.99. The highest BCUT2D eigenvalue weighted by molar-refractivity contribution is 7.11. The molecule has 2 nitrogen and oxygen atoms in total. The molecule has 1 atom stereocenters. The van der Waals surface area contributed by atoms with Crippen LogP contribution in [0.1, 0.15) is 48.2 Å². The summed E-state index contributed by atoms with van der Waals surface area (Å²) in [6.07, 6.45) is 6.31. The van der Waals surface area contributed by atoms with E-state index >= 15 is 0 Å². The van der Waals surface area contributed by atoms with E-state index in [0.717, 1.165) is 6.42 Å². The average Bonchev–Trinajstić information content (AvgIpc) is 2.57. The van der Waals surface area contributed by atoms with Crippen LogP contribution in [0.5, 0.6) is 0 Å². The molecule has 0 aliphatic carbocycles. The number of likely N-dealkylation sites (N-methyl/N-ethyl adjacent to an activating group) is 1. The molecular formula is C13H24N2S. The van der Waals surface area contributed by atoms with Gasteiger partial charge in [0.15, 0.2) is 0 Å². The smallest absolute Gasteiger partial charge is 0.0946 e. The predicted molar refractivity (Wildman–Crippen MR) is 72.3 cm³/mol. The van der Waals surface area contributed by atoms with Gasteiger partial charge in [0.25, 0.3) is 0 Å². The third-order valence-corrected chi connectivity index (χ3v) is 4.15. The van der Waals surface area contributed by atoms with Crippen LogP contribution in [0.3, 0.4) is 0 Å². The molecule has 16 heavy (non-hydrogen) atoms. The van der Waals surface area contributed by atoms with E-state index in [4.69, 9.17) is 0 Å². The van der Waals surface area contributed by atoms with E-state index in [1.165, 1.54) is 41.3 Å². The first-order valence-electron chi connectivity index (χ1n) is 6.27. The monoisotopic (exact) mass is 240 g/mol. The first kappa shape index (κ1) is 13.7. The van der Waals surface area contributed by atoms with Gasteiger partial charge in [-0.05, 0) is 27.3 Å². The Morgan fingerprint density at radius 2 is 2.06 bits per heavy atom. The van der Waals surface area contributed by atoms with Crippen LogP contribution in [0.4, 0.5) is 0 Å². The Labute approximate surface area is 103 Å². The molecule has 0 saturated heterocycles. The summed E-state index contributed by atoms with van der Waals surface area (Å²) in [5, 5.41) is 4.69. The zero-order valence-electron chi connectivity index (χ0n) is 11.0. The summed E-state index contributed by atoms with van der Waals surface area (Å²) >= 11 is 1.85. The zero-order valence-corrected chi connectivity index (χ0v) is 11.8. The number of nitrogens with one attached hydrogen (secondary N) is 1. The van der Waals surface area contributed by atoms with Crippen molar-refractivity contribution in [2.24, 2.45) is 0 Å². The second kappa shape index (κ2) is 7.02. The maximum atomic E-state index is 4.60. The van der Waals surface area contributed by atoms with Gasteiger partial charge < -0.3 is 5.32 Å². The molecule has 0 radical (unpaired) electrons. The lowest BCUT2D eigenvalue weighted by atomic mass is 10.1. The summed E-state index contributed by atoms with van der Waals surface area (Å²) in [5.74, 6) is 0. The third-order valence-electron chi connectivity index (χ3n) is 3.06. The summed E-state index contributed by atoms with van der Waals surface area (Å²) < 4.78 is 0. The average molecular weight is 240 g/mol. The van der Waals surface area contributed by atoms with Gasteiger partial charge in [-0.25, -0.2) is 4.98 Å². The lowest BCUT2D eigenvalue weighted by molar-refractivity contribution is 0.489. The van der Waals surface area contributed by atoms with Gasteiger partial charge in [0.05, 0.1) is 10.7 Å². The maximum absolute atomic E-state index is 4.60. The van der Waals surface area contributed by atoms with Gasteiger partial charge in [-0.3, -0.25) is 0 Å². The van der Waals surface area contributed by atoms with Crippen molar-refractivity contribution < 1.29 is 0 Å². The summed E-state index contributed by atoms with van der Waals surface area (Å²) in [7, 11) is 2.06. The molecule has 0 amide bonds. The minimum atomic E-state index is 0.594. The van der Waals surface area contributed by atoms with Gasteiger partial charge in [0.2, 0.25) is 0 Å². The van der Waals surface area contributed by atoms with Crippen molar-refractivity contribution >= 4 is 11.3 Å². The second-order valence-electron chi connectivity index (χ2n) is 4.43. The van der Waals surface area contributed by atoms with Crippen molar-refractivity contribution in [2.75, 3.05) is 7.05 Å². The largest absolute Gasteiger partial charge is 0.317 e. The molecule has 0 bridgehead atoms. The van der Waals surface area contributed by atoms with Crippen LogP contribution in [0.25, 0.3) is 0 Å². The fraction of sp³-hybridized carbons (Fsp3) is 0.769. The van der Waals surface area contributed by atoms with Crippen LogP contribution >= 0.6 is 11.3 Å². The van der Waals surface area contributed by atoms with Crippen LogP contribution in [0.15, 0.2) is 0 Å². The van der Waals surface area contributed by atoms with E-state index < -0.39 is 0 Å². The number of rotatable bonds is 7. The van der Waals surface area contributed by atoms with Gasteiger partial charge in [-0.2, -0.15) is 0 Å². The van der Waals surface area contributed by atoms with Crippen molar-refractivity contribution in [3.8, 4) is 0 Å². The van der Waals surface area contributed by atoms with E-state index in [-0.39, 0.29) is 0 Å². The van der Waals surface area contributed by atoms with Crippen molar-refractivity contribution in [3.63, 3.8) is 0 Å². The fourth-order valence-electron chi connectivity index (χ4n) is 1.83. The van der Waals surface area contributed by atoms with Gasteiger partial charge in [0, 0.05) is 17.3 Å². The first-order valence-corrected chi connectivity index (χ1v) is 7.09. The zero-order chi connectivity index (χ0) is 12.0. The molecule has 1 N–H and O–H groups in total. The number of unbranched alkanes of at least 4 members (excludes halogenated alkanes) is 2. The molecule has 0 spiro atoms. The summed E-state index contributed by atoms with van der Waals surface area (Å²) in [6.45, 7) is 6.50. The Morgan fingerprint density at radius 1 is 1.31 bits per heavy atom. The highest BCUT2D eigenvalue weighted by atomic mass is 32.1. The Bertz CT molecular complexity index is 287. The van der Waals surface area contributed by atoms with E-state index in [9.17, 15) is 0 Å². The topological polar surface area (TPSA) is 24.9 Å². The van der Waals surface area contributed by atoms with Crippen molar-refractivity contribution in [1.82, 2.24) is 10.3 Å². The number of aromatic nitrogens is 1. The van der Waals surface area contributed by atoms with E-state index in [0.29, 0.717) is 6.04 Å². The number of aryl methyl sites for hydroxylation is 2. The predicted octanol–water partition coefficient (Wildman–Crippen LogP) is 3.47. The van der Waals surface area contributed by atoms with E-state index in [2.05, 4.69) is 38.1 Å². The molecule has 1 aromatic rings. The maximum Gasteiger partial charge on any atom is 0.0946 e. The van der Waals surface area contributed by atoms with Gasteiger partial charge in [-0.1, -0.05) is 26.2 Å². The quantitative estimate of drug-likeness (QED) is 0.738. The number of hydrogen-bond acceptors (Lipinski definition) is 3. The molecule has 0 fully saturated rings. The lowest BCUT2D eigenvalue weighted by Crippen LogP contribution is -2.27.